The molecule has 1 unspecified atom stereocenters. The van der Waals surface area contributed by atoms with Crippen molar-refractivity contribution < 1.29 is 23.8 Å². The number of rotatable bonds is 6. The molecule has 1 aliphatic heterocycles. The summed E-state index contributed by atoms with van der Waals surface area (Å²) in [6.45, 7) is 2.41. The van der Waals surface area contributed by atoms with Crippen LogP contribution in [-0.2, 0) is 4.79 Å². The van der Waals surface area contributed by atoms with Crippen LogP contribution in [-0.4, -0.2) is 34.3 Å². The highest BCUT2D eigenvalue weighted by molar-refractivity contribution is 6.15. The highest BCUT2D eigenvalue weighted by atomic mass is 16.5. The van der Waals surface area contributed by atoms with Crippen molar-refractivity contribution in [1.82, 2.24) is 4.90 Å². The summed E-state index contributed by atoms with van der Waals surface area (Å²) in [5, 5.41) is 10.7. The van der Waals surface area contributed by atoms with E-state index >= 15 is 0 Å². The monoisotopic (exact) mass is 381 g/mol. The number of hydrogen-bond donors (Lipinski definition) is 1. The number of ether oxygens (including phenoxy) is 1. The fourth-order valence-corrected chi connectivity index (χ4v) is 4.22. The molecule has 1 N–H and O–H groups in total. The summed E-state index contributed by atoms with van der Waals surface area (Å²) in [7, 11) is 0. The standard InChI is InChI=1S/C22H23NO5/c1-2-27-16-10-5-7-14(13-16)19-18(20(24)17-11-6-12-28-17)21(25)22(26)23(19)15-8-3-4-9-15/h5-7,10-13,15,19,25H,2-4,8-9H2,1H3. The van der Waals surface area contributed by atoms with Gasteiger partial charge in [0, 0.05) is 6.04 Å². The second-order valence-corrected chi connectivity index (χ2v) is 7.13. The van der Waals surface area contributed by atoms with Gasteiger partial charge in [0.25, 0.3) is 5.91 Å². The number of furan rings is 1. The summed E-state index contributed by atoms with van der Waals surface area (Å²) in [6, 6.07) is 9.85. The van der Waals surface area contributed by atoms with Crippen LogP contribution in [0.3, 0.4) is 0 Å². The molecule has 28 heavy (non-hydrogen) atoms. The predicted molar refractivity (Wildman–Crippen MR) is 102 cm³/mol. The van der Waals surface area contributed by atoms with E-state index in [1.165, 1.54) is 6.26 Å². The Bertz CT molecular complexity index is 909. The van der Waals surface area contributed by atoms with Gasteiger partial charge >= 0.3 is 0 Å². The van der Waals surface area contributed by atoms with Crippen LogP contribution in [0, 0.1) is 0 Å². The van der Waals surface area contributed by atoms with Crippen molar-refractivity contribution in [1.29, 1.82) is 0 Å². The van der Waals surface area contributed by atoms with Crippen LogP contribution in [0.15, 0.2) is 58.4 Å². The fourth-order valence-electron chi connectivity index (χ4n) is 4.22. The maximum Gasteiger partial charge on any atom is 0.290 e. The minimum Gasteiger partial charge on any atom is -0.503 e. The maximum atomic E-state index is 13.1. The number of Topliss-reactive ketones (excluding diaryl/α,β-unsaturated/α-hetero) is 1. The minimum absolute atomic E-state index is 0.00250. The number of ketones is 1. The molecule has 1 amide bonds. The van der Waals surface area contributed by atoms with E-state index in [9.17, 15) is 14.7 Å². The molecule has 2 aromatic rings. The molecule has 0 radical (unpaired) electrons. The number of aliphatic hydroxyl groups excluding tert-OH is 1. The number of benzene rings is 1. The van der Waals surface area contributed by atoms with Gasteiger partial charge in [0.2, 0.25) is 5.78 Å². The lowest BCUT2D eigenvalue weighted by Gasteiger charge is -2.32. The van der Waals surface area contributed by atoms with Crippen molar-refractivity contribution in [3.8, 4) is 5.75 Å². The number of carbonyl (C=O) groups is 2. The molecule has 4 rings (SSSR count). The quantitative estimate of drug-likeness (QED) is 0.759. The molecule has 146 valence electrons. The van der Waals surface area contributed by atoms with Gasteiger partial charge in [-0.1, -0.05) is 25.0 Å². The Morgan fingerprint density at radius 1 is 1.25 bits per heavy atom. The van der Waals surface area contributed by atoms with Crippen LogP contribution in [0.1, 0.15) is 54.8 Å². The molecular formula is C22H23NO5. The zero-order valence-electron chi connectivity index (χ0n) is 15.8. The summed E-state index contributed by atoms with van der Waals surface area (Å²) >= 11 is 0. The molecule has 1 fully saturated rings. The molecule has 0 saturated heterocycles. The van der Waals surface area contributed by atoms with E-state index in [2.05, 4.69) is 0 Å². The molecule has 2 aliphatic rings. The first-order valence-electron chi connectivity index (χ1n) is 9.68. The number of carbonyl (C=O) groups excluding carboxylic acids is 2. The number of hydrogen-bond acceptors (Lipinski definition) is 5. The third kappa shape index (κ3) is 3.09. The van der Waals surface area contributed by atoms with E-state index in [4.69, 9.17) is 9.15 Å². The summed E-state index contributed by atoms with van der Waals surface area (Å²) in [5.41, 5.74) is 0.811. The van der Waals surface area contributed by atoms with Crippen LogP contribution in [0.5, 0.6) is 5.75 Å². The van der Waals surface area contributed by atoms with Crippen LogP contribution in [0.4, 0.5) is 0 Å². The second-order valence-electron chi connectivity index (χ2n) is 7.13. The van der Waals surface area contributed by atoms with Crippen molar-refractivity contribution in [3.63, 3.8) is 0 Å². The van der Waals surface area contributed by atoms with E-state index < -0.39 is 23.5 Å². The Hall–Kier alpha value is -3.02. The van der Waals surface area contributed by atoms with Gasteiger partial charge in [0.1, 0.15) is 5.75 Å². The molecule has 0 spiro atoms. The lowest BCUT2D eigenvalue weighted by atomic mass is 9.94. The summed E-state index contributed by atoms with van der Waals surface area (Å²) in [6.07, 6.45) is 5.19. The van der Waals surface area contributed by atoms with Crippen molar-refractivity contribution in [2.45, 2.75) is 44.7 Å². The largest absolute Gasteiger partial charge is 0.503 e. The lowest BCUT2D eigenvalue weighted by Crippen LogP contribution is -2.38. The minimum atomic E-state index is -0.659. The molecule has 1 aromatic heterocycles. The Kier molecular flexibility index (Phi) is 4.94. The normalized spacial score (nSPS) is 20.2. The topological polar surface area (TPSA) is 80.0 Å². The van der Waals surface area contributed by atoms with Crippen molar-refractivity contribution in [2.24, 2.45) is 0 Å². The molecule has 6 nitrogen and oxygen atoms in total. The molecule has 1 atom stereocenters. The van der Waals surface area contributed by atoms with Gasteiger partial charge in [0.15, 0.2) is 11.5 Å². The van der Waals surface area contributed by atoms with Gasteiger partial charge in [-0.3, -0.25) is 9.59 Å². The maximum absolute atomic E-state index is 13.1. The van der Waals surface area contributed by atoms with E-state index in [0.29, 0.717) is 12.4 Å². The SMILES string of the molecule is CCOc1cccc(C2C(C(=O)c3ccco3)=C(O)C(=O)N2C2CCCC2)c1. The lowest BCUT2D eigenvalue weighted by molar-refractivity contribution is -0.131. The van der Waals surface area contributed by atoms with Crippen molar-refractivity contribution >= 4 is 11.7 Å². The summed E-state index contributed by atoms with van der Waals surface area (Å²) < 4.78 is 10.9. The third-order valence-corrected chi connectivity index (χ3v) is 5.44. The van der Waals surface area contributed by atoms with Gasteiger partial charge in [-0.15, -0.1) is 0 Å². The Labute approximate surface area is 163 Å². The van der Waals surface area contributed by atoms with Gasteiger partial charge in [-0.2, -0.15) is 0 Å². The Morgan fingerprint density at radius 3 is 2.71 bits per heavy atom. The number of amides is 1. The number of nitrogens with zero attached hydrogens (tertiary/aromatic N) is 1. The van der Waals surface area contributed by atoms with Crippen molar-refractivity contribution in [2.75, 3.05) is 6.61 Å². The highest BCUT2D eigenvalue weighted by Crippen LogP contribution is 2.43. The molecule has 6 heteroatoms. The molecule has 0 bridgehead atoms. The molecule has 1 aromatic carbocycles. The first-order valence-corrected chi connectivity index (χ1v) is 9.68. The van der Waals surface area contributed by atoms with Crippen molar-refractivity contribution in [3.05, 3.63) is 65.3 Å². The average Bonchev–Trinajstić information content (AvgIpc) is 3.44. The second kappa shape index (κ2) is 7.54. The Morgan fingerprint density at radius 2 is 2.04 bits per heavy atom. The third-order valence-electron chi connectivity index (χ3n) is 5.44. The zero-order chi connectivity index (χ0) is 19.7. The molecular weight excluding hydrogens is 358 g/mol. The van der Waals surface area contributed by atoms with Crippen LogP contribution >= 0.6 is 0 Å². The number of aliphatic hydroxyl groups is 1. The molecule has 1 aliphatic carbocycles. The van der Waals surface area contributed by atoms with Gasteiger partial charge in [-0.25, -0.2) is 0 Å². The molecule has 1 saturated carbocycles. The first kappa shape index (κ1) is 18.3. The van der Waals surface area contributed by atoms with E-state index in [-0.39, 0.29) is 17.4 Å². The van der Waals surface area contributed by atoms with Gasteiger partial charge < -0.3 is 19.2 Å². The van der Waals surface area contributed by atoms with Crippen LogP contribution in [0.2, 0.25) is 0 Å². The van der Waals surface area contributed by atoms with E-state index in [1.54, 1.807) is 17.0 Å². The van der Waals surface area contributed by atoms with E-state index in [0.717, 1.165) is 31.2 Å². The van der Waals surface area contributed by atoms with Crippen LogP contribution in [0.25, 0.3) is 0 Å². The van der Waals surface area contributed by atoms with Gasteiger partial charge in [0.05, 0.1) is 24.5 Å². The zero-order valence-corrected chi connectivity index (χ0v) is 15.8. The van der Waals surface area contributed by atoms with Crippen LogP contribution < -0.4 is 4.74 Å². The summed E-state index contributed by atoms with van der Waals surface area (Å²) in [4.78, 5) is 27.7. The summed E-state index contributed by atoms with van der Waals surface area (Å²) in [5.74, 6) is -0.680. The Balaban J connectivity index is 1.81. The predicted octanol–water partition coefficient (Wildman–Crippen LogP) is 4.20. The average molecular weight is 381 g/mol. The van der Waals surface area contributed by atoms with Gasteiger partial charge in [-0.05, 0) is 49.6 Å². The molecule has 2 heterocycles. The first-order chi connectivity index (χ1) is 13.6. The van der Waals surface area contributed by atoms with E-state index in [1.807, 2.05) is 31.2 Å². The smallest absolute Gasteiger partial charge is 0.290 e. The fraction of sp³-hybridized carbons (Fsp3) is 0.364. The highest BCUT2D eigenvalue weighted by Gasteiger charge is 2.47.